The Balaban J connectivity index is 1.58. The highest BCUT2D eigenvalue weighted by Crippen LogP contribution is 2.17. The second-order valence-corrected chi connectivity index (χ2v) is 5.33. The average molecular weight is 300 g/mol. The first kappa shape index (κ1) is 14.6. The predicted octanol–water partition coefficient (Wildman–Crippen LogP) is 1.51. The van der Waals surface area contributed by atoms with Gasteiger partial charge in [0.1, 0.15) is 5.75 Å². The van der Waals surface area contributed by atoms with Crippen LogP contribution >= 0.6 is 0 Å². The molecule has 0 amide bonds. The number of phenolic OH excluding ortho intramolecular Hbond substituents is 1. The molecule has 1 fully saturated rings. The van der Waals surface area contributed by atoms with Crippen LogP contribution in [0.3, 0.4) is 0 Å². The van der Waals surface area contributed by atoms with Gasteiger partial charge in [0.25, 0.3) is 0 Å². The minimum atomic E-state index is 0.320. The van der Waals surface area contributed by atoms with Crippen molar-refractivity contribution in [2.45, 2.75) is 6.54 Å². The van der Waals surface area contributed by atoms with E-state index in [1.54, 1.807) is 25.4 Å². The number of hydrogen-bond donors (Lipinski definition) is 1. The van der Waals surface area contributed by atoms with Crippen molar-refractivity contribution in [3.63, 3.8) is 0 Å². The molecule has 6 nitrogen and oxygen atoms in total. The van der Waals surface area contributed by atoms with Gasteiger partial charge in [-0.1, -0.05) is 12.1 Å². The number of anilines is 1. The maximum absolute atomic E-state index is 9.53. The Morgan fingerprint density at radius 3 is 2.73 bits per heavy atom. The highest BCUT2D eigenvalue weighted by molar-refractivity contribution is 5.33. The molecule has 0 aliphatic carbocycles. The fourth-order valence-electron chi connectivity index (χ4n) is 2.62. The smallest absolute Gasteiger partial charge is 0.228 e. The number of nitrogens with zero attached hydrogens (tertiary/aromatic N) is 4. The molecule has 2 aromatic rings. The minimum Gasteiger partial charge on any atom is -0.508 e. The molecule has 116 valence electrons. The van der Waals surface area contributed by atoms with E-state index < -0.39 is 0 Å². The highest BCUT2D eigenvalue weighted by Gasteiger charge is 2.19. The summed E-state index contributed by atoms with van der Waals surface area (Å²) in [6, 6.07) is 9.18. The molecule has 1 aliphatic heterocycles. The zero-order valence-electron chi connectivity index (χ0n) is 12.6. The lowest BCUT2D eigenvalue weighted by atomic mass is 10.2. The standard InChI is InChI=1S/C16H20N4O2/c1-22-15-5-6-17-16(18-15)20-9-7-19(8-10-20)12-13-3-2-4-14(21)11-13/h2-6,11,21H,7-10,12H2,1H3. The van der Waals surface area contributed by atoms with Gasteiger partial charge in [0.2, 0.25) is 11.8 Å². The second-order valence-electron chi connectivity index (χ2n) is 5.33. The van der Waals surface area contributed by atoms with Crippen molar-refractivity contribution in [2.75, 3.05) is 38.2 Å². The Labute approximate surface area is 130 Å². The molecule has 0 saturated carbocycles. The Kier molecular flexibility index (Phi) is 4.39. The molecule has 1 aromatic carbocycles. The van der Waals surface area contributed by atoms with Crippen molar-refractivity contribution < 1.29 is 9.84 Å². The highest BCUT2D eigenvalue weighted by atomic mass is 16.5. The van der Waals surface area contributed by atoms with Gasteiger partial charge in [0.05, 0.1) is 7.11 Å². The number of aromatic hydroxyl groups is 1. The third-order valence-electron chi connectivity index (χ3n) is 3.80. The lowest BCUT2D eigenvalue weighted by molar-refractivity contribution is 0.248. The summed E-state index contributed by atoms with van der Waals surface area (Å²) in [6.07, 6.45) is 1.72. The van der Waals surface area contributed by atoms with E-state index in [-0.39, 0.29) is 0 Å². The van der Waals surface area contributed by atoms with Gasteiger partial charge in [-0.15, -0.1) is 0 Å². The zero-order chi connectivity index (χ0) is 15.4. The molecule has 1 aromatic heterocycles. The van der Waals surface area contributed by atoms with Crippen molar-refractivity contribution in [1.29, 1.82) is 0 Å². The molecule has 0 spiro atoms. The van der Waals surface area contributed by atoms with E-state index in [0.717, 1.165) is 44.2 Å². The van der Waals surface area contributed by atoms with Gasteiger partial charge in [0.15, 0.2) is 0 Å². The third-order valence-corrected chi connectivity index (χ3v) is 3.80. The first-order chi connectivity index (χ1) is 10.7. The maximum Gasteiger partial charge on any atom is 0.228 e. The maximum atomic E-state index is 9.53. The molecule has 2 heterocycles. The summed E-state index contributed by atoms with van der Waals surface area (Å²) < 4.78 is 5.15. The Bertz CT molecular complexity index is 627. The van der Waals surface area contributed by atoms with Crippen molar-refractivity contribution in [2.24, 2.45) is 0 Å². The minimum absolute atomic E-state index is 0.320. The number of phenols is 1. The van der Waals surface area contributed by atoms with Crippen LogP contribution in [0.25, 0.3) is 0 Å². The molecule has 0 atom stereocenters. The monoisotopic (exact) mass is 300 g/mol. The summed E-state index contributed by atoms with van der Waals surface area (Å²) in [7, 11) is 1.61. The van der Waals surface area contributed by atoms with Crippen LogP contribution in [0, 0.1) is 0 Å². The van der Waals surface area contributed by atoms with Crippen LogP contribution in [0.4, 0.5) is 5.95 Å². The summed E-state index contributed by atoms with van der Waals surface area (Å²) in [5.41, 5.74) is 1.13. The molecule has 0 unspecified atom stereocenters. The van der Waals surface area contributed by atoms with Crippen LogP contribution < -0.4 is 9.64 Å². The molecule has 0 radical (unpaired) electrons. The second kappa shape index (κ2) is 6.62. The van der Waals surface area contributed by atoms with Crippen LogP contribution in [0.5, 0.6) is 11.6 Å². The largest absolute Gasteiger partial charge is 0.508 e. The quantitative estimate of drug-likeness (QED) is 0.923. The number of piperazine rings is 1. The normalized spacial score (nSPS) is 15.8. The van der Waals surface area contributed by atoms with E-state index in [1.807, 2.05) is 18.2 Å². The summed E-state index contributed by atoms with van der Waals surface area (Å²) in [5, 5.41) is 9.53. The fourth-order valence-corrected chi connectivity index (χ4v) is 2.62. The van der Waals surface area contributed by atoms with Gasteiger partial charge >= 0.3 is 0 Å². The van der Waals surface area contributed by atoms with Crippen LogP contribution in [0.1, 0.15) is 5.56 Å². The molecule has 22 heavy (non-hydrogen) atoms. The number of methoxy groups -OCH3 is 1. The number of hydrogen-bond acceptors (Lipinski definition) is 6. The van der Waals surface area contributed by atoms with Crippen molar-refractivity contribution in [1.82, 2.24) is 14.9 Å². The predicted molar refractivity (Wildman–Crippen MR) is 84.2 cm³/mol. The van der Waals surface area contributed by atoms with Crippen molar-refractivity contribution >= 4 is 5.95 Å². The first-order valence-corrected chi connectivity index (χ1v) is 7.37. The molecule has 1 saturated heterocycles. The summed E-state index contributed by atoms with van der Waals surface area (Å²) >= 11 is 0. The van der Waals surface area contributed by atoms with Crippen molar-refractivity contribution in [3.8, 4) is 11.6 Å². The first-order valence-electron chi connectivity index (χ1n) is 7.37. The molecule has 1 aliphatic rings. The summed E-state index contributed by atoms with van der Waals surface area (Å²) in [4.78, 5) is 13.2. The van der Waals surface area contributed by atoms with Gasteiger partial charge in [-0.05, 0) is 17.7 Å². The molecule has 3 rings (SSSR count). The average Bonchev–Trinajstić information content (AvgIpc) is 2.56. The Morgan fingerprint density at radius 2 is 2.00 bits per heavy atom. The van der Waals surface area contributed by atoms with E-state index in [2.05, 4.69) is 19.8 Å². The number of rotatable bonds is 4. The topological polar surface area (TPSA) is 61.7 Å². The number of ether oxygens (including phenoxy) is 1. The lowest BCUT2D eigenvalue weighted by Gasteiger charge is -2.34. The van der Waals surface area contributed by atoms with Gasteiger partial charge < -0.3 is 14.7 Å². The summed E-state index contributed by atoms with van der Waals surface area (Å²) in [6.45, 7) is 4.49. The van der Waals surface area contributed by atoms with Crippen LogP contribution in [-0.4, -0.2) is 53.3 Å². The molecule has 6 heteroatoms. The SMILES string of the molecule is COc1ccnc(N2CCN(Cc3cccc(O)c3)CC2)n1. The molecule has 0 bridgehead atoms. The zero-order valence-corrected chi connectivity index (χ0v) is 12.6. The van der Waals surface area contributed by atoms with E-state index in [1.165, 1.54) is 0 Å². The molecular formula is C16H20N4O2. The summed E-state index contributed by atoms with van der Waals surface area (Å²) in [5.74, 6) is 1.63. The number of benzene rings is 1. The van der Waals surface area contributed by atoms with E-state index in [9.17, 15) is 5.11 Å². The van der Waals surface area contributed by atoms with Gasteiger partial charge in [-0.2, -0.15) is 4.98 Å². The van der Waals surface area contributed by atoms with E-state index in [4.69, 9.17) is 4.74 Å². The van der Waals surface area contributed by atoms with Gasteiger partial charge in [-0.3, -0.25) is 4.90 Å². The van der Waals surface area contributed by atoms with E-state index in [0.29, 0.717) is 11.6 Å². The Hall–Kier alpha value is -2.34. The third kappa shape index (κ3) is 3.46. The fraction of sp³-hybridized carbons (Fsp3) is 0.375. The Morgan fingerprint density at radius 1 is 1.18 bits per heavy atom. The van der Waals surface area contributed by atoms with Crippen molar-refractivity contribution in [3.05, 3.63) is 42.1 Å². The molecular weight excluding hydrogens is 280 g/mol. The number of aromatic nitrogens is 2. The van der Waals surface area contributed by atoms with Crippen LogP contribution in [0.15, 0.2) is 36.5 Å². The van der Waals surface area contributed by atoms with Gasteiger partial charge in [0, 0.05) is 45.0 Å². The molecule has 1 N–H and O–H groups in total. The van der Waals surface area contributed by atoms with Crippen LogP contribution in [-0.2, 0) is 6.54 Å². The lowest BCUT2D eigenvalue weighted by Crippen LogP contribution is -2.46. The van der Waals surface area contributed by atoms with Crippen LogP contribution in [0.2, 0.25) is 0 Å². The van der Waals surface area contributed by atoms with Gasteiger partial charge in [-0.25, -0.2) is 4.98 Å². The van der Waals surface area contributed by atoms with E-state index >= 15 is 0 Å².